The molecule has 0 saturated carbocycles. The highest BCUT2D eigenvalue weighted by molar-refractivity contribution is 5.66. The summed E-state index contributed by atoms with van der Waals surface area (Å²) in [6.45, 7) is 7.88. The Labute approximate surface area is 104 Å². The lowest BCUT2D eigenvalue weighted by molar-refractivity contribution is -0.137. The van der Waals surface area contributed by atoms with Crippen LogP contribution in [0.4, 0.5) is 0 Å². The van der Waals surface area contributed by atoms with Gasteiger partial charge < -0.3 is 15.3 Å². The number of hydrogen-bond donors (Lipinski definition) is 2. The van der Waals surface area contributed by atoms with Crippen LogP contribution in [0.1, 0.15) is 39.0 Å². The zero-order chi connectivity index (χ0) is 12.5. The van der Waals surface area contributed by atoms with Crippen LogP contribution in [0.3, 0.4) is 0 Å². The van der Waals surface area contributed by atoms with Crippen LogP contribution in [0.2, 0.25) is 0 Å². The molecule has 0 bridgehead atoms. The number of aliphatic carboxylic acids is 1. The summed E-state index contributed by atoms with van der Waals surface area (Å²) in [7, 11) is 0. The molecular weight excluding hydrogens is 216 g/mol. The van der Waals surface area contributed by atoms with Crippen LogP contribution in [0.25, 0.3) is 0 Å². The smallest absolute Gasteiger partial charge is 0.303 e. The van der Waals surface area contributed by atoms with E-state index in [-0.39, 0.29) is 0 Å². The van der Waals surface area contributed by atoms with Crippen LogP contribution in [-0.2, 0) is 4.79 Å². The Bertz CT molecular complexity index is 215. The van der Waals surface area contributed by atoms with E-state index < -0.39 is 5.97 Å². The van der Waals surface area contributed by atoms with Crippen molar-refractivity contribution < 1.29 is 9.90 Å². The Hall–Kier alpha value is -0.610. The van der Waals surface area contributed by atoms with Gasteiger partial charge in [0, 0.05) is 19.5 Å². The normalized spacial score (nSPS) is 18.4. The maximum atomic E-state index is 10.4. The third kappa shape index (κ3) is 7.34. The van der Waals surface area contributed by atoms with E-state index in [0.717, 1.165) is 32.5 Å². The standard InChI is InChI=1S/C13H26N2O2/c1-12(4-5-13(16)17)6-7-14-8-11-15-9-2-3-10-15/h12,14H,2-11H2,1H3,(H,16,17). The van der Waals surface area contributed by atoms with Crippen LogP contribution < -0.4 is 5.32 Å². The second-order valence-electron chi connectivity index (χ2n) is 5.13. The maximum absolute atomic E-state index is 10.4. The fraction of sp³-hybridized carbons (Fsp3) is 0.923. The Balaban J connectivity index is 1.87. The zero-order valence-electron chi connectivity index (χ0n) is 11.0. The van der Waals surface area contributed by atoms with Gasteiger partial charge in [0.05, 0.1) is 0 Å². The summed E-state index contributed by atoms with van der Waals surface area (Å²) in [6.07, 6.45) is 4.88. The fourth-order valence-electron chi connectivity index (χ4n) is 2.23. The molecule has 1 saturated heterocycles. The molecule has 0 radical (unpaired) electrons. The molecule has 0 spiro atoms. The van der Waals surface area contributed by atoms with Gasteiger partial charge in [-0.3, -0.25) is 4.79 Å². The second kappa shape index (κ2) is 8.48. The van der Waals surface area contributed by atoms with Crippen molar-refractivity contribution in [1.29, 1.82) is 0 Å². The first-order chi connectivity index (χ1) is 8.18. The molecule has 0 aromatic heterocycles. The molecule has 4 nitrogen and oxygen atoms in total. The highest BCUT2D eigenvalue weighted by Crippen LogP contribution is 2.09. The quantitative estimate of drug-likeness (QED) is 0.603. The van der Waals surface area contributed by atoms with Gasteiger partial charge in [0.2, 0.25) is 0 Å². The van der Waals surface area contributed by atoms with Crippen molar-refractivity contribution in [2.24, 2.45) is 5.92 Å². The number of likely N-dealkylation sites (tertiary alicyclic amines) is 1. The summed E-state index contributed by atoms with van der Waals surface area (Å²) in [6, 6.07) is 0. The van der Waals surface area contributed by atoms with E-state index >= 15 is 0 Å². The van der Waals surface area contributed by atoms with E-state index in [2.05, 4.69) is 17.1 Å². The highest BCUT2D eigenvalue weighted by atomic mass is 16.4. The van der Waals surface area contributed by atoms with Crippen molar-refractivity contribution in [2.45, 2.75) is 39.0 Å². The van der Waals surface area contributed by atoms with Gasteiger partial charge in [-0.25, -0.2) is 0 Å². The van der Waals surface area contributed by atoms with E-state index in [1.165, 1.54) is 25.9 Å². The molecule has 17 heavy (non-hydrogen) atoms. The van der Waals surface area contributed by atoms with Crippen LogP contribution in [-0.4, -0.2) is 48.7 Å². The summed E-state index contributed by atoms with van der Waals surface area (Å²) in [4.78, 5) is 12.9. The SMILES string of the molecule is CC(CCNCCN1CCCC1)CCC(=O)O. The van der Waals surface area contributed by atoms with Crippen molar-refractivity contribution >= 4 is 5.97 Å². The minimum Gasteiger partial charge on any atom is -0.481 e. The maximum Gasteiger partial charge on any atom is 0.303 e. The Kier molecular flexibility index (Phi) is 7.21. The molecule has 0 amide bonds. The van der Waals surface area contributed by atoms with Crippen LogP contribution in [0, 0.1) is 5.92 Å². The number of rotatable bonds is 9. The summed E-state index contributed by atoms with van der Waals surface area (Å²) < 4.78 is 0. The van der Waals surface area contributed by atoms with Gasteiger partial charge in [-0.15, -0.1) is 0 Å². The predicted octanol–water partition coefficient (Wildman–Crippen LogP) is 1.56. The number of nitrogens with one attached hydrogen (secondary N) is 1. The fourth-order valence-corrected chi connectivity index (χ4v) is 2.23. The largest absolute Gasteiger partial charge is 0.481 e. The molecule has 0 aliphatic carbocycles. The summed E-state index contributed by atoms with van der Waals surface area (Å²) in [5, 5.41) is 12.0. The summed E-state index contributed by atoms with van der Waals surface area (Å²) in [5.41, 5.74) is 0. The monoisotopic (exact) mass is 242 g/mol. The molecule has 0 aromatic rings. The number of hydrogen-bond acceptors (Lipinski definition) is 3. The zero-order valence-corrected chi connectivity index (χ0v) is 11.0. The van der Waals surface area contributed by atoms with Crippen molar-refractivity contribution in [1.82, 2.24) is 10.2 Å². The van der Waals surface area contributed by atoms with Gasteiger partial charge in [0.15, 0.2) is 0 Å². The third-order valence-corrected chi connectivity index (χ3v) is 3.47. The highest BCUT2D eigenvalue weighted by Gasteiger charge is 2.10. The van der Waals surface area contributed by atoms with Crippen LogP contribution >= 0.6 is 0 Å². The number of carboxylic acids is 1. The Morgan fingerprint density at radius 1 is 1.29 bits per heavy atom. The van der Waals surface area contributed by atoms with Crippen molar-refractivity contribution in [3.8, 4) is 0 Å². The molecule has 1 aliphatic heterocycles. The van der Waals surface area contributed by atoms with E-state index in [0.29, 0.717) is 12.3 Å². The molecule has 100 valence electrons. The topological polar surface area (TPSA) is 52.6 Å². The van der Waals surface area contributed by atoms with Crippen molar-refractivity contribution in [2.75, 3.05) is 32.7 Å². The molecule has 1 rings (SSSR count). The second-order valence-corrected chi connectivity index (χ2v) is 5.13. The first kappa shape index (κ1) is 14.5. The Morgan fingerprint density at radius 2 is 2.00 bits per heavy atom. The average Bonchev–Trinajstić information content (AvgIpc) is 2.79. The average molecular weight is 242 g/mol. The molecule has 1 fully saturated rings. The molecule has 1 aliphatic rings. The number of nitrogens with zero attached hydrogens (tertiary/aromatic N) is 1. The van der Waals surface area contributed by atoms with Crippen LogP contribution in [0.5, 0.6) is 0 Å². The lowest BCUT2D eigenvalue weighted by atomic mass is 10.0. The lowest BCUT2D eigenvalue weighted by Crippen LogP contribution is -2.30. The van der Waals surface area contributed by atoms with Gasteiger partial charge in [0.1, 0.15) is 0 Å². The van der Waals surface area contributed by atoms with Gasteiger partial charge >= 0.3 is 5.97 Å². The Morgan fingerprint density at radius 3 is 2.65 bits per heavy atom. The van der Waals surface area contributed by atoms with Gasteiger partial charge in [-0.2, -0.15) is 0 Å². The van der Waals surface area contributed by atoms with E-state index in [1.807, 2.05) is 0 Å². The summed E-state index contributed by atoms with van der Waals surface area (Å²) >= 11 is 0. The molecule has 4 heteroatoms. The number of carbonyl (C=O) groups is 1. The van der Waals surface area contributed by atoms with Crippen molar-refractivity contribution in [3.05, 3.63) is 0 Å². The minimum absolute atomic E-state index is 0.301. The van der Waals surface area contributed by atoms with E-state index in [9.17, 15) is 4.79 Å². The molecule has 1 heterocycles. The minimum atomic E-state index is -0.682. The lowest BCUT2D eigenvalue weighted by Gasteiger charge is -2.15. The third-order valence-electron chi connectivity index (χ3n) is 3.47. The van der Waals surface area contributed by atoms with Crippen molar-refractivity contribution in [3.63, 3.8) is 0 Å². The molecule has 1 atom stereocenters. The van der Waals surface area contributed by atoms with E-state index in [1.54, 1.807) is 0 Å². The van der Waals surface area contributed by atoms with Gasteiger partial charge in [-0.1, -0.05) is 6.92 Å². The van der Waals surface area contributed by atoms with Gasteiger partial charge in [-0.05, 0) is 51.2 Å². The van der Waals surface area contributed by atoms with E-state index in [4.69, 9.17) is 5.11 Å². The number of carboxylic acid groups (broad SMARTS) is 1. The van der Waals surface area contributed by atoms with Crippen LogP contribution in [0.15, 0.2) is 0 Å². The first-order valence-electron chi connectivity index (χ1n) is 6.83. The molecular formula is C13H26N2O2. The molecule has 2 N–H and O–H groups in total. The predicted molar refractivity (Wildman–Crippen MR) is 69.2 cm³/mol. The molecule has 0 aromatic carbocycles. The molecule has 1 unspecified atom stereocenters. The first-order valence-corrected chi connectivity index (χ1v) is 6.83. The van der Waals surface area contributed by atoms with Gasteiger partial charge in [0.25, 0.3) is 0 Å². The summed E-state index contributed by atoms with van der Waals surface area (Å²) in [5.74, 6) is -0.177.